The molecule has 2 unspecified atom stereocenters. The zero-order chi connectivity index (χ0) is 12.0. The first-order chi connectivity index (χ1) is 7.58. The van der Waals surface area contributed by atoms with Crippen molar-refractivity contribution in [3.63, 3.8) is 0 Å². The lowest BCUT2D eigenvalue weighted by Crippen LogP contribution is -2.38. The third-order valence-electron chi connectivity index (χ3n) is 2.76. The number of amides is 1. The van der Waals surface area contributed by atoms with E-state index in [1.807, 2.05) is 0 Å². The van der Waals surface area contributed by atoms with E-state index in [1.54, 1.807) is 6.92 Å². The first-order valence-electron chi connectivity index (χ1n) is 5.80. The largest absolute Gasteiger partial charge is 0.481 e. The SMILES string of the molecule is CC(CC(=O)O)NC(=O)CC1CCCNC1. The highest BCUT2D eigenvalue weighted by Crippen LogP contribution is 2.13. The van der Waals surface area contributed by atoms with Gasteiger partial charge in [-0.05, 0) is 38.8 Å². The second-order valence-corrected chi connectivity index (χ2v) is 4.48. The molecule has 1 saturated heterocycles. The minimum atomic E-state index is -0.882. The fraction of sp³-hybridized carbons (Fsp3) is 0.818. The molecule has 1 fully saturated rings. The fourth-order valence-corrected chi connectivity index (χ4v) is 2.01. The van der Waals surface area contributed by atoms with Gasteiger partial charge in [-0.2, -0.15) is 0 Å². The van der Waals surface area contributed by atoms with Crippen LogP contribution in [0.5, 0.6) is 0 Å². The quantitative estimate of drug-likeness (QED) is 0.634. The first-order valence-corrected chi connectivity index (χ1v) is 5.80. The van der Waals surface area contributed by atoms with Gasteiger partial charge < -0.3 is 15.7 Å². The van der Waals surface area contributed by atoms with Crippen LogP contribution in [0, 0.1) is 5.92 Å². The second kappa shape index (κ2) is 6.48. The van der Waals surface area contributed by atoms with Crippen molar-refractivity contribution in [1.29, 1.82) is 0 Å². The number of aliphatic carboxylic acids is 1. The Morgan fingerprint density at radius 1 is 1.56 bits per heavy atom. The third-order valence-corrected chi connectivity index (χ3v) is 2.76. The van der Waals surface area contributed by atoms with Gasteiger partial charge in [0.25, 0.3) is 0 Å². The Balaban J connectivity index is 2.21. The summed E-state index contributed by atoms with van der Waals surface area (Å²) in [5.41, 5.74) is 0. The maximum Gasteiger partial charge on any atom is 0.305 e. The Kier molecular flexibility index (Phi) is 5.25. The molecule has 5 nitrogen and oxygen atoms in total. The number of carbonyl (C=O) groups is 2. The molecule has 0 spiro atoms. The predicted octanol–water partition coefficient (Wildman–Crippen LogP) is 0.355. The summed E-state index contributed by atoms with van der Waals surface area (Å²) in [5, 5.41) is 14.5. The molecule has 0 aliphatic carbocycles. The summed E-state index contributed by atoms with van der Waals surface area (Å²) in [4.78, 5) is 22.0. The highest BCUT2D eigenvalue weighted by molar-refractivity contribution is 5.77. The van der Waals surface area contributed by atoms with Gasteiger partial charge in [-0.25, -0.2) is 0 Å². The summed E-state index contributed by atoms with van der Waals surface area (Å²) >= 11 is 0. The first kappa shape index (κ1) is 13.0. The van der Waals surface area contributed by atoms with Crippen LogP contribution < -0.4 is 10.6 Å². The molecule has 2 atom stereocenters. The van der Waals surface area contributed by atoms with Crippen molar-refractivity contribution < 1.29 is 14.7 Å². The molecule has 1 amide bonds. The maximum atomic E-state index is 11.6. The molecule has 1 rings (SSSR count). The molecule has 92 valence electrons. The minimum absolute atomic E-state index is 0.0192. The van der Waals surface area contributed by atoms with Crippen LogP contribution in [-0.2, 0) is 9.59 Å². The summed E-state index contributed by atoms with van der Waals surface area (Å²) in [5.74, 6) is -0.527. The van der Waals surface area contributed by atoms with E-state index in [0.29, 0.717) is 12.3 Å². The molecular weight excluding hydrogens is 208 g/mol. The van der Waals surface area contributed by atoms with Gasteiger partial charge in [-0.1, -0.05) is 0 Å². The van der Waals surface area contributed by atoms with E-state index >= 15 is 0 Å². The summed E-state index contributed by atoms with van der Waals surface area (Å²) < 4.78 is 0. The van der Waals surface area contributed by atoms with E-state index in [-0.39, 0.29) is 18.4 Å². The molecule has 0 saturated carbocycles. The number of hydrogen-bond acceptors (Lipinski definition) is 3. The summed E-state index contributed by atoms with van der Waals surface area (Å²) in [6.07, 6.45) is 2.67. The topological polar surface area (TPSA) is 78.4 Å². The Bertz CT molecular complexity index is 250. The predicted molar refractivity (Wildman–Crippen MR) is 60.1 cm³/mol. The van der Waals surface area contributed by atoms with E-state index in [4.69, 9.17) is 5.11 Å². The van der Waals surface area contributed by atoms with Gasteiger partial charge in [0.05, 0.1) is 6.42 Å². The number of rotatable bonds is 5. The minimum Gasteiger partial charge on any atom is -0.481 e. The van der Waals surface area contributed by atoms with Crippen LogP contribution in [0.2, 0.25) is 0 Å². The third kappa shape index (κ3) is 5.11. The van der Waals surface area contributed by atoms with Gasteiger partial charge in [0.2, 0.25) is 5.91 Å². The zero-order valence-corrected chi connectivity index (χ0v) is 9.66. The maximum absolute atomic E-state index is 11.6. The number of carbonyl (C=O) groups excluding carboxylic acids is 1. The number of nitrogens with one attached hydrogen (secondary N) is 2. The van der Waals surface area contributed by atoms with Crippen molar-refractivity contribution in [3.05, 3.63) is 0 Å². The van der Waals surface area contributed by atoms with E-state index in [2.05, 4.69) is 10.6 Å². The van der Waals surface area contributed by atoms with Crippen molar-refractivity contribution in [2.75, 3.05) is 13.1 Å². The lowest BCUT2D eigenvalue weighted by Gasteiger charge is -2.22. The molecule has 0 bridgehead atoms. The van der Waals surface area contributed by atoms with Gasteiger partial charge in [-0.3, -0.25) is 9.59 Å². The number of carboxylic acids is 1. The molecule has 16 heavy (non-hydrogen) atoms. The Hall–Kier alpha value is -1.10. The van der Waals surface area contributed by atoms with Gasteiger partial charge in [-0.15, -0.1) is 0 Å². The lowest BCUT2D eigenvalue weighted by atomic mass is 9.96. The van der Waals surface area contributed by atoms with Gasteiger partial charge in [0.15, 0.2) is 0 Å². The molecule has 1 aliphatic heterocycles. The lowest BCUT2D eigenvalue weighted by molar-refractivity contribution is -0.137. The number of carboxylic acid groups (broad SMARTS) is 1. The molecule has 5 heteroatoms. The van der Waals surface area contributed by atoms with Crippen molar-refractivity contribution in [3.8, 4) is 0 Å². The molecule has 3 N–H and O–H groups in total. The van der Waals surface area contributed by atoms with Crippen LogP contribution >= 0.6 is 0 Å². The highest BCUT2D eigenvalue weighted by Gasteiger charge is 2.18. The number of piperidine rings is 1. The molecule has 0 radical (unpaired) electrons. The van der Waals surface area contributed by atoms with Gasteiger partial charge in [0.1, 0.15) is 0 Å². The smallest absolute Gasteiger partial charge is 0.305 e. The Morgan fingerprint density at radius 3 is 2.88 bits per heavy atom. The molecule has 0 aromatic carbocycles. The van der Waals surface area contributed by atoms with Crippen LogP contribution in [0.3, 0.4) is 0 Å². The molecule has 1 heterocycles. The monoisotopic (exact) mass is 228 g/mol. The molecule has 0 aromatic rings. The molecule has 0 aromatic heterocycles. The van der Waals surface area contributed by atoms with E-state index in [0.717, 1.165) is 25.9 Å². The summed E-state index contributed by atoms with van der Waals surface area (Å²) in [6.45, 7) is 3.64. The van der Waals surface area contributed by atoms with Crippen molar-refractivity contribution in [2.45, 2.75) is 38.6 Å². The van der Waals surface area contributed by atoms with Crippen LogP contribution in [0.1, 0.15) is 32.6 Å². The normalized spacial score (nSPS) is 22.4. The van der Waals surface area contributed by atoms with Crippen LogP contribution in [-0.4, -0.2) is 36.1 Å². The van der Waals surface area contributed by atoms with Crippen molar-refractivity contribution in [2.24, 2.45) is 5.92 Å². The average molecular weight is 228 g/mol. The average Bonchev–Trinajstić information content (AvgIpc) is 2.17. The van der Waals surface area contributed by atoms with E-state index in [9.17, 15) is 9.59 Å². The van der Waals surface area contributed by atoms with Crippen molar-refractivity contribution in [1.82, 2.24) is 10.6 Å². The van der Waals surface area contributed by atoms with Crippen LogP contribution in [0.25, 0.3) is 0 Å². The Morgan fingerprint density at radius 2 is 2.31 bits per heavy atom. The Labute approximate surface area is 95.6 Å². The molecule has 1 aliphatic rings. The highest BCUT2D eigenvalue weighted by atomic mass is 16.4. The van der Waals surface area contributed by atoms with E-state index < -0.39 is 5.97 Å². The fourth-order valence-electron chi connectivity index (χ4n) is 2.01. The van der Waals surface area contributed by atoms with Gasteiger partial charge in [0, 0.05) is 12.5 Å². The zero-order valence-electron chi connectivity index (χ0n) is 9.66. The number of hydrogen-bond donors (Lipinski definition) is 3. The van der Waals surface area contributed by atoms with E-state index in [1.165, 1.54) is 0 Å². The van der Waals surface area contributed by atoms with Crippen molar-refractivity contribution >= 4 is 11.9 Å². The van der Waals surface area contributed by atoms with Crippen LogP contribution in [0.4, 0.5) is 0 Å². The van der Waals surface area contributed by atoms with Crippen LogP contribution in [0.15, 0.2) is 0 Å². The second-order valence-electron chi connectivity index (χ2n) is 4.48. The summed E-state index contributed by atoms with van der Waals surface area (Å²) in [7, 11) is 0. The molecular formula is C11H20N2O3. The standard InChI is InChI=1S/C11H20N2O3/c1-8(5-11(15)16)13-10(14)6-9-3-2-4-12-7-9/h8-9,12H,2-7H2,1H3,(H,13,14)(H,15,16). The van der Waals surface area contributed by atoms with Gasteiger partial charge >= 0.3 is 5.97 Å². The summed E-state index contributed by atoms with van der Waals surface area (Å²) in [6, 6.07) is -0.290.